The van der Waals surface area contributed by atoms with Crippen LogP contribution in [0.2, 0.25) is 5.02 Å². The first-order valence-corrected chi connectivity index (χ1v) is 9.82. The van der Waals surface area contributed by atoms with Gasteiger partial charge in [-0.25, -0.2) is 4.98 Å². The van der Waals surface area contributed by atoms with Gasteiger partial charge < -0.3 is 15.1 Å². The summed E-state index contributed by atoms with van der Waals surface area (Å²) in [6.07, 6.45) is 2.41. The molecular formula is C19H22BrClN4O. The fourth-order valence-corrected chi connectivity index (χ4v) is 3.61. The molecule has 0 saturated carbocycles. The number of rotatable bonds is 5. The molecule has 2 heterocycles. The van der Waals surface area contributed by atoms with Crippen LogP contribution < -0.4 is 10.2 Å². The quantitative estimate of drug-likeness (QED) is 0.780. The molecule has 0 radical (unpaired) electrons. The van der Waals surface area contributed by atoms with Gasteiger partial charge in [0.15, 0.2) is 0 Å². The standard InChI is InChI=1S/C19H22BrClN4O/c1-24-8-10-25(11-9-24)18-17(20)12-15(13-23-18)19(26)22-7-6-14-2-4-16(21)5-3-14/h2-5,12-13H,6-11H2,1H3,(H,22,26). The number of halogens is 2. The molecule has 1 fully saturated rings. The summed E-state index contributed by atoms with van der Waals surface area (Å²) in [6.45, 7) is 4.48. The number of likely N-dealkylation sites (N-methyl/N-ethyl adjacent to an activating group) is 1. The van der Waals surface area contributed by atoms with Crippen LogP contribution in [0.25, 0.3) is 0 Å². The maximum Gasteiger partial charge on any atom is 0.252 e. The summed E-state index contributed by atoms with van der Waals surface area (Å²) in [7, 11) is 2.12. The highest BCUT2D eigenvalue weighted by molar-refractivity contribution is 9.10. The zero-order valence-electron chi connectivity index (χ0n) is 14.7. The molecule has 26 heavy (non-hydrogen) atoms. The molecule has 5 nitrogen and oxygen atoms in total. The number of nitrogens with zero attached hydrogens (tertiary/aromatic N) is 3. The lowest BCUT2D eigenvalue weighted by Crippen LogP contribution is -2.45. The van der Waals surface area contributed by atoms with Crippen molar-refractivity contribution in [3.05, 3.63) is 57.2 Å². The molecule has 0 aliphatic carbocycles. The van der Waals surface area contributed by atoms with Gasteiger partial charge in [-0.2, -0.15) is 0 Å². The highest BCUT2D eigenvalue weighted by Crippen LogP contribution is 2.25. The topological polar surface area (TPSA) is 48.5 Å². The number of carbonyl (C=O) groups excluding carboxylic acids is 1. The Morgan fingerprint density at radius 2 is 1.92 bits per heavy atom. The van der Waals surface area contributed by atoms with E-state index in [4.69, 9.17) is 11.6 Å². The van der Waals surface area contributed by atoms with Crippen molar-refractivity contribution >= 4 is 39.3 Å². The molecule has 138 valence electrons. The Morgan fingerprint density at radius 1 is 1.23 bits per heavy atom. The highest BCUT2D eigenvalue weighted by Gasteiger charge is 2.18. The van der Waals surface area contributed by atoms with Crippen LogP contribution >= 0.6 is 27.5 Å². The summed E-state index contributed by atoms with van der Waals surface area (Å²) in [4.78, 5) is 21.4. The minimum atomic E-state index is -0.114. The molecular weight excluding hydrogens is 416 g/mol. The normalized spacial score (nSPS) is 15.1. The Morgan fingerprint density at radius 3 is 2.58 bits per heavy atom. The van der Waals surface area contributed by atoms with Crippen molar-refractivity contribution in [2.24, 2.45) is 0 Å². The number of aromatic nitrogens is 1. The van der Waals surface area contributed by atoms with E-state index >= 15 is 0 Å². The molecule has 0 unspecified atom stereocenters. The molecule has 1 aliphatic rings. The van der Waals surface area contributed by atoms with Crippen molar-refractivity contribution in [2.45, 2.75) is 6.42 Å². The van der Waals surface area contributed by atoms with Gasteiger partial charge >= 0.3 is 0 Å². The van der Waals surface area contributed by atoms with E-state index in [-0.39, 0.29) is 5.91 Å². The van der Waals surface area contributed by atoms with Crippen molar-refractivity contribution in [3.8, 4) is 0 Å². The van der Waals surface area contributed by atoms with E-state index in [0.29, 0.717) is 17.1 Å². The van der Waals surface area contributed by atoms with Crippen LogP contribution in [0.5, 0.6) is 0 Å². The van der Waals surface area contributed by atoms with Gasteiger partial charge in [0.2, 0.25) is 0 Å². The summed E-state index contributed by atoms with van der Waals surface area (Å²) in [5.41, 5.74) is 1.70. The maximum absolute atomic E-state index is 12.4. The van der Waals surface area contributed by atoms with Crippen LogP contribution in [-0.2, 0) is 6.42 Å². The summed E-state index contributed by atoms with van der Waals surface area (Å²) in [5.74, 6) is 0.785. The molecule has 3 rings (SSSR count). The molecule has 1 aromatic heterocycles. The van der Waals surface area contributed by atoms with E-state index in [2.05, 4.69) is 43.1 Å². The van der Waals surface area contributed by atoms with Gasteiger partial charge in [0, 0.05) is 43.9 Å². The number of hydrogen-bond acceptors (Lipinski definition) is 4. The van der Waals surface area contributed by atoms with Gasteiger partial charge in [0.25, 0.3) is 5.91 Å². The number of pyridine rings is 1. The smallest absolute Gasteiger partial charge is 0.252 e. The van der Waals surface area contributed by atoms with Gasteiger partial charge in [-0.15, -0.1) is 0 Å². The van der Waals surface area contributed by atoms with Crippen LogP contribution in [0.15, 0.2) is 41.0 Å². The average molecular weight is 438 g/mol. The maximum atomic E-state index is 12.4. The fraction of sp³-hybridized carbons (Fsp3) is 0.368. The molecule has 1 saturated heterocycles. The van der Waals surface area contributed by atoms with Gasteiger partial charge in [0.05, 0.1) is 10.0 Å². The van der Waals surface area contributed by atoms with E-state index in [9.17, 15) is 4.79 Å². The lowest BCUT2D eigenvalue weighted by Gasteiger charge is -2.33. The molecule has 7 heteroatoms. The van der Waals surface area contributed by atoms with Gasteiger partial charge in [-0.05, 0) is 53.2 Å². The predicted octanol–water partition coefficient (Wildman–Crippen LogP) is 3.22. The minimum absolute atomic E-state index is 0.114. The van der Waals surface area contributed by atoms with Crippen molar-refractivity contribution < 1.29 is 4.79 Å². The van der Waals surface area contributed by atoms with Gasteiger partial charge in [-0.1, -0.05) is 23.7 Å². The molecule has 0 spiro atoms. The molecule has 0 bridgehead atoms. The second kappa shape index (κ2) is 8.84. The number of piperazine rings is 1. The first-order chi connectivity index (χ1) is 12.5. The third kappa shape index (κ3) is 4.96. The lowest BCUT2D eigenvalue weighted by molar-refractivity contribution is 0.0953. The SMILES string of the molecule is CN1CCN(c2ncc(C(=O)NCCc3ccc(Cl)cc3)cc2Br)CC1. The van der Waals surface area contributed by atoms with Crippen molar-refractivity contribution in [1.82, 2.24) is 15.2 Å². The third-order valence-electron chi connectivity index (χ3n) is 4.50. The van der Waals surface area contributed by atoms with E-state index < -0.39 is 0 Å². The lowest BCUT2D eigenvalue weighted by atomic mass is 10.1. The van der Waals surface area contributed by atoms with Crippen LogP contribution in [0.1, 0.15) is 15.9 Å². The zero-order chi connectivity index (χ0) is 18.5. The van der Waals surface area contributed by atoms with E-state index in [1.54, 1.807) is 6.20 Å². The van der Waals surface area contributed by atoms with E-state index in [0.717, 1.165) is 48.5 Å². The second-order valence-electron chi connectivity index (χ2n) is 6.45. The highest BCUT2D eigenvalue weighted by atomic mass is 79.9. The number of amides is 1. The van der Waals surface area contributed by atoms with Crippen LogP contribution in [0, 0.1) is 0 Å². The monoisotopic (exact) mass is 436 g/mol. The zero-order valence-corrected chi connectivity index (χ0v) is 17.1. The summed E-state index contributed by atoms with van der Waals surface area (Å²) in [5, 5.41) is 3.66. The van der Waals surface area contributed by atoms with E-state index in [1.807, 2.05) is 30.3 Å². The summed E-state index contributed by atoms with van der Waals surface area (Å²) < 4.78 is 0.854. The number of carbonyl (C=O) groups is 1. The minimum Gasteiger partial charge on any atom is -0.353 e. The van der Waals surface area contributed by atoms with Crippen LogP contribution in [0.4, 0.5) is 5.82 Å². The largest absolute Gasteiger partial charge is 0.353 e. The average Bonchev–Trinajstić information content (AvgIpc) is 2.64. The van der Waals surface area contributed by atoms with E-state index in [1.165, 1.54) is 0 Å². The molecule has 1 amide bonds. The first-order valence-electron chi connectivity index (χ1n) is 8.64. The summed E-state index contributed by atoms with van der Waals surface area (Å²) >= 11 is 9.45. The third-order valence-corrected chi connectivity index (χ3v) is 5.33. The van der Waals surface area contributed by atoms with Crippen molar-refractivity contribution in [3.63, 3.8) is 0 Å². The predicted molar refractivity (Wildman–Crippen MR) is 109 cm³/mol. The number of nitrogens with one attached hydrogen (secondary N) is 1. The summed E-state index contributed by atoms with van der Waals surface area (Å²) in [6, 6.07) is 9.50. The van der Waals surface area contributed by atoms with Crippen molar-refractivity contribution in [1.29, 1.82) is 0 Å². The number of hydrogen-bond donors (Lipinski definition) is 1. The Balaban J connectivity index is 1.56. The first kappa shape index (κ1) is 19.1. The second-order valence-corrected chi connectivity index (χ2v) is 7.74. The Bertz CT molecular complexity index is 761. The van der Waals surface area contributed by atoms with Crippen LogP contribution in [0.3, 0.4) is 0 Å². The molecule has 2 aromatic rings. The Kier molecular flexibility index (Phi) is 6.51. The molecule has 0 atom stereocenters. The van der Waals surface area contributed by atoms with Gasteiger partial charge in [0.1, 0.15) is 5.82 Å². The Hall–Kier alpha value is -1.63. The fourth-order valence-electron chi connectivity index (χ4n) is 2.88. The van der Waals surface area contributed by atoms with Crippen molar-refractivity contribution in [2.75, 3.05) is 44.7 Å². The molecule has 1 aromatic carbocycles. The number of anilines is 1. The molecule has 1 N–H and O–H groups in total. The molecule has 1 aliphatic heterocycles. The van der Waals surface area contributed by atoms with Crippen LogP contribution in [-0.4, -0.2) is 55.6 Å². The number of benzene rings is 1. The van der Waals surface area contributed by atoms with Gasteiger partial charge in [-0.3, -0.25) is 4.79 Å². The Labute approximate surface area is 167 Å².